The molecule has 0 bridgehead atoms. The number of anilines is 1. The molecular weight excluding hydrogens is 342 g/mol. The summed E-state index contributed by atoms with van der Waals surface area (Å²) in [5, 5.41) is 3.53. The maximum Gasteiger partial charge on any atom is 0.329 e. The van der Waals surface area contributed by atoms with Crippen molar-refractivity contribution in [3.63, 3.8) is 0 Å². The number of aromatic amines is 1. The molecule has 0 unspecified atom stereocenters. The topological polar surface area (TPSA) is 84.0 Å². The van der Waals surface area contributed by atoms with Crippen molar-refractivity contribution in [2.24, 2.45) is 0 Å². The zero-order valence-corrected chi connectivity index (χ0v) is 14.2. The number of benzene rings is 2. The van der Waals surface area contributed by atoms with Crippen molar-refractivity contribution in [3.8, 4) is 0 Å². The number of fused-ring (bicyclic) bond motifs is 1. The Morgan fingerprint density at radius 1 is 1.20 bits per heavy atom. The van der Waals surface area contributed by atoms with Crippen LogP contribution in [0, 0.1) is 0 Å². The Labute approximate surface area is 148 Å². The third kappa shape index (κ3) is 3.34. The monoisotopic (exact) mass is 357 g/mol. The predicted molar refractivity (Wildman–Crippen MR) is 98.2 cm³/mol. The molecule has 7 heteroatoms. The number of H-pyrrole nitrogens is 1. The maximum absolute atomic E-state index is 12.7. The number of para-hydroxylation sites is 1. The number of rotatable bonds is 4. The van der Waals surface area contributed by atoms with E-state index in [1.165, 1.54) is 0 Å². The number of nitrogens with one attached hydrogen (secondary N) is 2. The van der Waals surface area contributed by atoms with Crippen LogP contribution < -0.4 is 16.6 Å². The van der Waals surface area contributed by atoms with E-state index in [4.69, 9.17) is 11.6 Å². The van der Waals surface area contributed by atoms with E-state index in [9.17, 15) is 14.4 Å². The molecule has 2 N–H and O–H groups in total. The van der Waals surface area contributed by atoms with Crippen LogP contribution in [0.2, 0.25) is 5.02 Å². The number of hydrogen-bond donors (Lipinski definition) is 2. The minimum absolute atomic E-state index is 0.285. The van der Waals surface area contributed by atoms with Gasteiger partial charge in [-0.3, -0.25) is 9.59 Å². The zero-order chi connectivity index (χ0) is 18.0. The zero-order valence-electron chi connectivity index (χ0n) is 13.5. The van der Waals surface area contributed by atoms with Crippen molar-refractivity contribution < 1.29 is 4.79 Å². The second-order valence-electron chi connectivity index (χ2n) is 5.57. The van der Waals surface area contributed by atoms with E-state index in [1.54, 1.807) is 55.5 Å². The Balaban J connectivity index is 2.03. The van der Waals surface area contributed by atoms with E-state index in [0.717, 1.165) is 4.57 Å². The first-order valence-corrected chi connectivity index (χ1v) is 8.19. The highest BCUT2D eigenvalue weighted by Gasteiger charge is 2.23. The molecule has 3 rings (SSSR count). The molecule has 128 valence electrons. The summed E-state index contributed by atoms with van der Waals surface area (Å²) in [6.07, 6.45) is 0.285. The van der Waals surface area contributed by atoms with Crippen molar-refractivity contribution in [1.82, 2.24) is 9.55 Å². The van der Waals surface area contributed by atoms with Gasteiger partial charge in [0.2, 0.25) is 5.91 Å². The molecule has 1 atom stereocenters. The molecule has 0 spiro atoms. The average Bonchev–Trinajstić information content (AvgIpc) is 2.58. The molecule has 1 heterocycles. The molecule has 0 aliphatic heterocycles. The van der Waals surface area contributed by atoms with Gasteiger partial charge in [-0.1, -0.05) is 36.7 Å². The van der Waals surface area contributed by atoms with Crippen LogP contribution in [0.1, 0.15) is 19.4 Å². The van der Waals surface area contributed by atoms with Crippen molar-refractivity contribution in [3.05, 3.63) is 74.4 Å². The van der Waals surface area contributed by atoms with Gasteiger partial charge in [0.25, 0.3) is 5.56 Å². The quantitative estimate of drug-likeness (QED) is 0.753. The van der Waals surface area contributed by atoms with Gasteiger partial charge >= 0.3 is 5.69 Å². The lowest BCUT2D eigenvalue weighted by Gasteiger charge is -2.17. The van der Waals surface area contributed by atoms with E-state index in [2.05, 4.69) is 10.3 Å². The molecular formula is C18H16ClN3O3. The molecule has 0 aliphatic rings. The van der Waals surface area contributed by atoms with Gasteiger partial charge in [0.15, 0.2) is 0 Å². The third-order valence-corrected chi connectivity index (χ3v) is 4.16. The number of carbonyl (C=O) groups excluding carboxylic acids is 1. The highest BCUT2D eigenvalue weighted by Crippen LogP contribution is 2.17. The molecule has 1 aromatic heterocycles. The molecule has 6 nitrogen and oxygen atoms in total. The van der Waals surface area contributed by atoms with Crippen LogP contribution in [-0.4, -0.2) is 15.5 Å². The minimum Gasteiger partial charge on any atom is -0.324 e. The first kappa shape index (κ1) is 17.0. The highest BCUT2D eigenvalue weighted by atomic mass is 35.5. The van der Waals surface area contributed by atoms with Crippen molar-refractivity contribution >= 4 is 34.1 Å². The van der Waals surface area contributed by atoms with Gasteiger partial charge in [0, 0.05) is 10.7 Å². The SMILES string of the molecule is CC[C@H](C(=O)Nc1cccc(Cl)c1)n1c(=O)[nH]c2ccccc2c1=O. The summed E-state index contributed by atoms with van der Waals surface area (Å²) < 4.78 is 0.961. The number of nitrogens with zero attached hydrogens (tertiary/aromatic N) is 1. The number of hydrogen-bond acceptors (Lipinski definition) is 3. The van der Waals surface area contributed by atoms with Gasteiger partial charge in [-0.15, -0.1) is 0 Å². The normalized spacial score (nSPS) is 12.1. The van der Waals surface area contributed by atoms with Gasteiger partial charge < -0.3 is 10.3 Å². The predicted octanol–water partition coefficient (Wildman–Crippen LogP) is 2.93. The first-order valence-electron chi connectivity index (χ1n) is 7.81. The van der Waals surface area contributed by atoms with E-state index >= 15 is 0 Å². The number of carbonyl (C=O) groups is 1. The Hall–Kier alpha value is -2.86. The summed E-state index contributed by atoms with van der Waals surface area (Å²) >= 11 is 5.91. The van der Waals surface area contributed by atoms with Gasteiger partial charge in [-0.2, -0.15) is 0 Å². The molecule has 0 aliphatic carbocycles. The van der Waals surface area contributed by atoms with E-state index in [-0.39, 0.29) is 6.42 Å². The lowest BCUT2D eigenvalue weighted by Crippen LogP contribution is -2.42. The lowest BCUT2D eigenvalue weighted by atomic mass is 10.1. The van der Waals surface area contributed by atoms with Gasteiger partial charge in [0.1, 0.15) is 6.04 Å². The molecule has 25 heavy (non-hydrogen) atoms. The number of halogens is 1. The number of aromatic nitrogens is 2. The molecule has 2 aromatic carbocycles. The third-order valence-electron chi connectivity index (χ3n) is 3.93. The number of amides is 1. The first-order chi connectivity index (χ1) is 12.0. The minimum atomic E-state index is -0.931. The van der Waals surface area contributed by atoms with Gasteiger partial charge in [-0.25, -0.2) is 9.36 Å². The Morgan fingerprint density at radius 2 is 1.96 bits per heavy atom. The molecule has 1 amide bonds. The summed E-state index contributed by atoms with van der Waals surface area (Å²) in [5.41, 5.74) is -0.163. The van der Waals surface area contributed by atoms with Crippen LogP contribution in [0.25, 0.3) is 10.9 Å². The Kier molecular flexibility index (Phi) is 4.72. The highest BCUT2D eigenvalue weighted by molar-refractivity contribution is 6.30. The smallest absolute Gasteiger partial charge is 0.324 e. The Bertz CT molecular complexity index is 1060. The fourth-order valence-electron chi connectivity index (χ4n) is 2.74. The fourth-order valence-corrected chi connectivity index (χ4v) is 2.93. The second kappa shape index (κ2) is 6.94. The molecule has 0 fully saturated rings. The molecule has 0 radical (unpaired) electrons. The average molecular weight is 358 g/mol. The summed E-state index contributed by atoms with van der Waals surface area (Å²) in [5.74, 6) is -0.451. The summed E-state index contributed by atoms with van der Waals surface area (Å²) in [4.78, 5) is 40.4. The molecule has 0 saturated carbocycles. The largest absolute Gasteiger partial charge is 0.329 e. The lowest BCUT2D eigenvalue weighted by molar-refractivity contribution is -0.119. The van der Waals surface area contributed by atoms with Crippen molar-refractivity contribution in [1.29, 1.82) is 0 Å². The van der Waals surface area contributed by atoms with Gasteiger partial charge in [0.05, 0.1) is 10.9 Å². The maximum atomic E-state index is 12.7. The van der Waals surface area contributed by atoms with Gasteiger partial charge in [-0.05, 0) is 36.8 Å². The van der Waals surface area contributed by atoms with Crippen LogP contribution in [0.15, 0.2) is 58.1 Å². The fraction of sp³-hybridized carbons (Fsp3) is 0.167. The van der Waals surface area contributed by atoms with E-state index in [1.807, 2.05) is 0 Å². The van der Waals surface area contributed by atoms with Crippen molar-refractivity contribution in [2.75, 3.05) is 5.32 Å². The summed E-state index contributed by atoms with van der Waals surface area (Å²) in [6.45, 7) is 1.74. The molecule has 3 aromatic rings. The van der Waals surface area contributed by atoms with Crippen LogP contribution in [-0.2, 0) is 4.79 Å². The van der Waals surface area contributed by atoms with E-state index in [0.29, 0.717) is 21.6 Å². The second-order valence-corrected chi connectivity index (χ2v) is 6.01. The van der Waals surface area contributed by atoms with Crippen molar-refractivity contribution in [2.45, 2.75) is 19.4 Å². The molecule has 0 saturated heterocycles. The van der Waals surface area contributed by atoms with Crippen LogP contribution in [0.4, 0.5) is 5.69 Å². The van der Waals surface area contributed by atoms with Crippen LogP contribution >= 0.6 is 11.6 Å². The van der Waals surface area contributed by atoms with E-state index < -0.39 is 23.2 Å². The summed E-state index contributed by atoms with van der Waals surface area (Å²) in [6, 6.07) is 12.4. The summed E-state index contributed by atoms with van der Waals surface area (Å²) in [7, 11) is 0. The standard InChI is InChI=1S/C18H16ClN3O3/c1-2-15(16(23)20-12-7-5-6-11(19)10-12)22-17(24)13-8-3-4-9-14(13)21-18(22)25/h3-10,15H,2H2,1H3,(H,20,23)(H,21,25)/t15-/m1/s1. The van der Waals surface area contributed by atoms with Crippen LogP contribution in [0.3, 0.4) is 0 Å². The van der Waals surface area contributed by atoms with Crippen LogP contribution in [0.5, 0.6) is 0 Å². The Morgan fingerprint density at radius 3 is 2.68 bits per heavy atom.